The molecule has 0 radical (unpaired) electrons. The van der Waals surface area contributed by atoms with E-state index in [1.807, 2.05) is 30.3 Å². The Hall–Kier alpha value is -3.24. The Morgan fingerprint density at radius 1 is 1.18 bits per heavy atom. The zero-order valence-electron chi connectivity index (χ0n) is 20.4. The highest BCUT2D eigenvalue weighted by Crippen LogP contribution is 2.10. The van der Waals surface area contributed by atoms with Gasteiger partial charge < -0.3 is 14.6 Å². The molecule has 3 rings (SSSR count). The average molecular weight is 471 g/mol. The number of nitrogens with zero attached hydrogens (tertiary/aromatic N) is 5. The first-order valence-corrected chi connectivity index (χ1v) is 11.6. The molecule has 0 saturated heterocycles. The number of hydrogen-bond donors (Lipinski definition) is 1. The molecule has 0 aliphatic rings. The second-order valence-electron chi connectivity index (χ2n) is 8.42. The SMILES string of the molecule is CCN(CCNC(=O)Cn1c(=O)c2c(ncn2CCOC)n(Cc2ccccc2)c1=O)C(C)C. The van der Waals surface area contributed by atoms with E-state index in [1.54, 1.807) is 11.7 Å². The molecule has 1 amide bonds. The van der Waals surface area contributed by atoms with Crippen LogP contribution in [-0.2, 0) is 29.2 Å². The molecule has 3 aromatic rings. The van der Waals surface area contributed by atoms with Gasteiger partial charge in [0.25, 0.3) is 5.56 Å². The van der Waals surface area contributed by atoms with Crippen LogP contribution in [0, 0.1) is 0 Å². The number of rotatable bonds is 12. The number of amides is 1. The topological polar surface area (TPSA) is 103 Å². The van der Waals surface area contributed by atoms with Gasteiger partial charge in [0.05, 0.1) is 19.5 Å². The van der Waals surface area contributed by atoms with E-state index < -0.39 is 11.2 Å². The Morgan fingerprint density at radius 3 is 2.56 bits per heavy atom. The highest BCUT2D eigenvalue weighted by Gasteiger charge is 2.20. The molecule has 0 bridgehead atoms. The fourth-order valence-electron chi connectivity index (χ4n) is 3.97. The molecule has 10 heteroatoms. The maximum atomic E-state index is 13.3. The van der Waals surface area contributed by atoms with Crippen LogP contribution < -0.4 is 16.6 Å². The van der Waals surface area contributed by atoms with Crippen molar-refractivity contribution < 1.29 is 9.53 Å². The first kappa shape index (κ1) is 25.4. The molecule has 0 aliphatic carbocycles. The van der Waals surface area contributed by atoms with Gasteiger partial charge in [0.1, 0.15) is 6.54 Å². The minimum Gasteiger partial charge on any atom is -0.383 e. The van der Waals surface area contributed by atoms with E-state index in [0.29, 0.717) is 37.9 Å². The number of aromatic nitrogens is 4. The summed E-state index contributed by atoms with van der Waals surface area (Å²) < 4.78 is 9.25. The molecule has 0 saturated carbocycles. The van der Waals surface area contributed by atoms with Gasteiger partial charge in [-0.1, -0.05) is 37.3 Å². The van der Waals surface area contributed by atoms with Crippen molar-refractivity contribution in [3.05, 3.63) is 63.1 Å². The van der Waals surface area contributed by atoms with Gasteiger partial charge >= 0.3 is 5.69 Å². The lowest BCUT2D eigenvalue weighted by atomic mass is 10.2. The van der Waals surface area contributed by atoms with Crippen molar-refractivity contribution in [1.82, 2.24) is 28.9 Å². The summed E-state index contributed by atoms with van der Waals surface area (Å²) in [6.07, 6.45) is 1.53. The van der Waals surface area contributed by atoms with Crippen LogP contribution in [0.3, 0.4) is 0 Å². The third-order valence-electron chi connectivity index (χ3n) is 5.86. The van der Waals surface area contributed by atoms with E-state index in [9.17, 15) is 14.4 Å². The number of carbonyl (C=O) groups is 1. The summed E-state index contributed by atoms with van der Waals surface area (Å²) in [5.74, 6) is -0.382. The first-order chi connectivity index (χ1) is 16.4. The Morgan fingerprint density at radius 2 is 1.91 bits per heavy atom. The molecule has 1 N–H and O–H groups in total. The number of hydrogen-bond acceptors (Lipinski definition) is 6. The Bertz CT molecular complexity index is 1210. The second-order valence-corrected chi connectivity index (χ2v) is 8.42. The molecule has 184 valence electrons. The summed E-state index contributed by atoms with van der Waals surface area (Å²) in [4.78, 5) is 45.9. The van der Waals surface area contributed by atoms with Gasteiger partial charge in [-0.3, -0.25) is 19.1 Å². The fourth-order valence-corrected chi connectivity index (χ4v) is 3.97. The number of ether oxygens (including phenoxy) is 1. The van der Waals surface area contributed by atoms with Crippen LogP contribution in [0.1, 0.15) is 26.3 Å². The summed E-state index contributed by atoms with van der Waals surface area (Å²) in [6.45, 7) is 8.93. The van der Waals surface area contributed by atoms with Crippen LogP contribution in [-0.4, -0.2) is 68.9 Å². The van der Waals surface area contributed by atoms with E-state index in [-0.39, 0.29) is 24.5 Å². The lowest BCUT2D eigenvalue weighted by molar-refractivity contribution is -0.121. The lowest BCUT2D eigenvalue weighted by Crippen LogP contribution is -2.45. The van der Waals surface area contributed by atoms with Crippen LogP contribution in [0.5, 0.6) is 0 Å². The van der Waals surface area contributed by atoms with Gasteiger partial charge in [-0.05, 0) is 26.0 Å². The number of benzene rings is 1. The van der Waals surface area contributed by atoms with Crippen molar-refractivity contribution >= 4 is 17.1 Å². The molecule has 1 aromatic carbocycles. The molecule has 0 unspecified atom stereocenters. The van der Waals surface area contributed by atoms with E-state index in [4.69, 9.17) is 4.74 Å². The molecule has 34 heavy (non-hydrogen) atoms. The van der Waals surface area contributed by atoms with Crippen molar-refractivity contribution in [2.24, 2.45) is 0 Å². The van der Waals surface area contributed by atoms with Crippen LogP contribution in [0.4, 0.5) is 0 Å². The quantitative estimate of drug-likeness (QED) is 0.422. The van der Waals surface area contributed by atoms with Crippen LogP contribution >= 0.6 is 0 Å². The average Bonchev–Trinajstić information content (AvgIpc) is 3.25. The normalized spacial score (nSPS) is 11.6. The van der Waals surface area contributed by atoms with E-state index >= 15 is 0 Å². The zero-order chi connectivity index (χ0) is 24.7. The van der Waals surface area contributed by atoms with Crippen molar-refractivity contribution in [1.29, 1.82) is 0 Å². The molecular weight excluding hydrogens is 436 g/mol. The van der Waals surface area contributed by atoms with Gasteiger partial charge in [-0.25, -0.2) is 14.3 Å². The maximum absolute atomic E-state index is 13.3. The minimum absolute atomic E-state index is 0.235. The van der Waals surface area contributed by atoms with Crippen LogP contribution in [0.2, 0.25) is 0 Å². The Labute approximate surface area is 198 Å². The largest absolute Gasteiger partial charge is 0.383 e. The molecule has 2 heterocycles. The summed E-state index contributed by atoms with van der Waals surface area (Å²) in [7, 11) is 1.58. The summed E-state index contributed by atoms with van der Waals surface area (Å²) >= 11 is 0. The number of likely N-dealkylation sites (N-methyl/N-ethyl adjacent to an activating group) is 1. The molecule has 0 aliphatic heterocycles. The van der Waals surface area contributed by atoms with Crippen molar-refractivity contribution in [3.8, 4) is 0 Å². The lowest BCUT2D eigenvalue weighted by Gasteiger charge is -2.24. The van der Waals surface area contributed by atoms with Gasteiger partial charge in [0.15, 0.2) is 11.2 Å². The molecular formula is C24H34N6O4. The maximum Gasteiger partial charge on any atom is 0.333 e. The third-order valence-corrected chi connectivity index (χ3v) is 5.86. The van der Waals surface area contributed by atoms with Crippen LogP contribution in [0.15, 0.2) is 46.2 Å². The number of fused-ring (bicyclic) bond motifs is 1. The van der Waals surface area contributed by atoms with E-state index in [0.717, 1.165) is 16.7 Å². The van der Waals surface area contributed by atoms with E-state index in [1.165, 1.54) is 10.9 Å². The third kappa shape index (κ3) is 5.81. The van der Waals surface area contributed by atoms with Gasteiger partial charge in [0.2, 0.25) is 5.91 Å². The monoisotopic (exact) mass is 470 g/mol. The number of carbonyl (C=O) groups excluding carboxylic acids is 1. The Kier molecular flexibility index (Phi) is 8.78. The number of nitrogens with one attached hydrogen (secondary N) is 1. The highest BCUT2D eigenvalue weighted by atomic mass is 16.5. The molecule has 2 aromatic heterocycles. The van der Waals surface area contributed by atoms with E-state index in [2.05, 4.69) is 36.0 Å². The summed E-state index contributed by atoms with van der Waals surface area (Å²) in [5, 5.41) is 2.83. The van der Waals surface area contributed by atoms with Crippen LogP contribution in [0.25, 0.3) is 11.2 Å². The predicted molar refractivity (Wildman–Crippen MR) is 131 cm³/mol. The van der Waals surface area contributed by atoms with Crippen molar-refractivity contribution in [3.63, 3.8) is 0 Å². The van der Waals surface area contributed by atoms with Crippen molar-refractivity contribution in [2.75, 3.05) is 33.4 Å². The first-order valence-electron chi connectivity index (χ1n) is 11.6. The number of imidazole rings is 1. The smallest absolute Gasteiger partial charge is 0.333 e. The molecule has 10 nitrogen and oxygen atoms in total. The Balaban J connectivity index is 1.94. The second kappa shape index (κ2) is 11.8. The van der Waals surface area contributed by atoms with Gasteiger partial charge in [-0.2, -0.15) is 0 Å². The standard InChI is InChI=1S/C24H34N6O4/c1-5-27(18(2)3)12-11-25-20(31)16-30-23(32)21-22(26-17-28(21)13-14-34-4)29(24(30)33)15-19-9-7-6-8-10-19/h6-10,17-18H,5,11-16H2,1-4H3,(H,25,31). The molecule has 0 fully saturated rings. The molecule has 0 atom stereocenters. The highest BCUT2D eigenvalue weighted by molar-refractivity contribution is 5.76. The van der Waals surface area contributed by atoms with Gasteiger partial charge in [-0.15, -0.1) is 0 Å². The fraction of sp³-hybridized carbons (Fsp3) is 0.500. The molecule has 0 spiro atoms. The summed E-state index contributed by atoms with van der Waals surface area (Å²) in [6, 6.07) is 9.83. The predicted octanol–water partition coefficient (Wildman–Crippen LogP) is 0.901. The number of methoxy groups -OCH3 is 1. The summed E-state index contributed by atoms with van der Waals surface area (Å²) in [5.41, 5.74) is 0.358. The zero-order valence-corrected chi connectivity index (χ0v) is 20.4. The minimum atomic E-state index is -0.564. The van der Waals surface area contributed by atoms with Crippen molar-refractivity contribution in [2.45, 2.75) is 46.4 Å². The van der Waals surface area contributed by atoms with Gasteiger partial charge in [0, 0.05) is 32.8 Å².